The Hall–Kier alpha value is -1.61. The molecule has 1 aromatic carbocycles. The summed E-state index contributed by atoms with van der Waals surface area (Å²) in [5.74, 6) is 0. The standard InChI is InChI=1S/C13H12N2S/c1-9-3-5-11(6-4-9)12-10(2)15-7-8-16-13(15)14-12/h3-8H,1-2H3. The molecule has 0 aliphatic carbocycles. The zero-order chi connectivity index (χ0) is 11.1. The van der Waals surface area contributed by atoms with E-state index in [0.717, 1.165) is 10.7 Å². The van der Waals surface area contributed by atoms with E-state index in [0.29, 0.717) is 0 Å². The summed E-state index contributed by atoms with van der Waals surface area (Å²) in [6.07, 6.45) is 2.07. The number of hydrogen-bond acceptors (Lipinski definition) is 2. The van der Waals surface area contributed by atoms with Crippen LogP contribution in [0.4, 0.5) is 0 Å². The molecule has 0 aliphatic rings. The average molecular weight is 228 g/mol. The number of aromatic nitrogens is 2. The summed E-state index contributed by atoms with van der Waals surface area (Å²) < 4.78 is 2.14. The van der Waals surface area contributed by atoms with Gasteiger partial charge in [-0.2, -0.15) is 0 Å². The first-order valence-corrected chi connectivity index (χ1v) is 6.13. The molecule has 0 atom stereocenters. The average Bonchev–Trinajstić information content (AvgIpc) is 2.84. The van der Waals surface area contributed by atoms with Gasteiger partial charge in [0, 0.05) is 22.8 Å². The molecule has 0 aliphatic heterocycles. The van der Waals surface area contributed by atoms with Crippen molar-refractivity contribution in [1.82, 2.24) is 9.38 Å². The Bertz CT molecular complexity index is 632. The molecular weight excluding hydrogens is 216 g/mol. The van der Waals surface area contributed by atoms with E-state index in [1.807, 2.05) is 0 Å². The summed E-state index contributed by atoms with van der Waals surface area (Å²) in [5, 5.41) is 2.06. The van der Waals surface area contributed by atoms with Crippen molar-refractivity contribution in [1.29, 1.82) is 0 Å². The second-order valence-corrected chi connectivity index (χ2v) is 4.84. The first-order chi connectivity index (χ1) is 7.75. The molecule has 3 aromatic rings. The molecular formula is C13H12N2S. The molecule has 0 spiro atoms. The number of thiazole rings is 1. The predicted molar refractivity (Wildman–Crippen MR) is 68.0 cm³/mol. The molecule has 2 nitrogen and oxygen atoms in total. The lowest BCUT2D eigenvalue weighted by Gasteiger charge is -1.99. The van der Waals surface area contributed by atoms with Crippen LogP contribution in [0.15, 0.2) is 35.8 Å². The molecule has 2 heterocycles. The summed E-state index contributed by atoms with van der Waals surface area (Å²) in [6, 6.07) is 8.52. The van der Waals surface area contributed by atoms with E-state index in [-0.39, 0.29) is 0 Å². The number of fused-ring (bicyclic) bond motifs is 1. The summed E-state index contributed by atoms with van der Waals surface area (Å²) in [4.78, 5) is 5.72. The van der Waals surface area contributed by atoms with Gasteiger partial charge >= 0.3 is 0 Å². The van der Waals surface area contributed by atoms with E-state index >= 15 is 0 Å². The van der Waals surface area contributed by atoms with Gasteiger partial charge in [-0.25, -0.2) is 4.98 Å². The monoisotopic (exact) mass is 228 g/mol. The molecule has 0 saturated heterocycles. The topological polar surface area (TPSA) is 17.3 Å². The Morgan fingerprint density at radius 1 is 1.12 bits per heavy atom. The molecule has 0 unspecified atom stereocenters. The van der Waals surface area contributed by atoms with Crippen molar-refractivity contribution in [3.8, 4) is 11.3 Å². The van der Waals surface area contributed by atoms with E-state index in [4.69, 9.17) is 0 Å². The second kappa shape index (κ2) is 3.46. The Balaban J connectivity index is 2.21. The van der Waals surface area contributed by atoms with Crippen molar-refractivity contribution in [2.24, 2.45) is 0 Å². The summed E-state index contributed by atoms with van der Waals surface area (Å²) in [5.41, 5.74) is 4.77. The van der Waals surface area contributed by atoms with Crippen molar-refractivity contribution in [3.05, 3.63) is 47.1 Å². The molecule has 0 saturated carbocycles. The summed E-state index contributed by atoms with van der Waals surface area (Å²) in [6.45, 7) is 4.21. The maximum Gasteiger partial charge on any atom is 0.194 e. The maximum atomic E-state index is 4.65. The van der Waals surface area contributed by atoms with Crippen LogP contribution in [-0.2, 0) is 0 Å². The van der Waals surface area contributed by atoms with Gasteiger partial charge in [-0.05, 0) is 13.8 Å². The summed E-state index contributed by atoms with van der Waals surface area (Å²) in [7, 11) is 0. The molecule has 16 heavy (non-hydrogen) atoms. The smallest absolute Gasteiger partial charge is 0.194 e. The highest BCUT2D eigenvalue weighted by Crippen LogP contribution is 2.25. The number of benzene rings is 1. The predicted octanol–water partition coefficient (Wildman–Crippen LogP) is 3.68. The number of hydrogen-bond donors (Lipinski definition) is 0. The number of imidazole rings is 1. The van der Waals surface area contributed by atoms with Gasteiger partial charge in [0.2, 0.25) is 0 Å². The van der Waals surface area contributed by atoms with Gasteiger partial charge in [0.05, 0.1) is 5.69 Å². The third-order valence-electron chi connectivity index (χ3n) is 2.83. The minimum absolute atomic E-state index is 1.06. The van der Waals surface area contributed by atoms with Gasteiger partial charge in [0.25, 0.3) is 0 Å². The second-order valence-electron chi connectivity index (χ2n) is 3.97. The fourth-order valence-electron chi connectivity index (χ4n) is 1.88. The lowest BCUT2D eigenvalue weighted by Crippen LogP contribution is -1.84. The van der Waals surface area contributed by atoms with Crippen molar-refractivity contribution in [2.75, 3.05) is 0 Å². The normalized spacial score (nSPS) is 11.1. The van der Waals surface area contributed by atoms with Crippen LogP contribution in [0.2, 0.25) is 0 Å². The van der Waals surface area contributed by atoms with Gasteiger partial charge in [-0.1, -0.05) is 29.8 Å². The fraction of sp³-hybridized carbons (Fsp3) is 0.154. The van der Waals surface area contributed by atoms with Crippen LogP contribution in [0.3, 0.4) is 0 Å². The Morgan fingerprint density at radius 2 is 1.88 bits per heavy atom. The van der Waals surface area contributed by atoms with Crippen LogP contribution in [0.25, 0.3) is 16.2 Å². The maximum absolute atomic E-state index is 4.65. The van der Waals surface area contributed by atoms with E-state index in [9.17, 15) is 0 Å². The quantitative estimate of drug-likeness (QED) is 0.621. The van der Waals surface area contributed by atoms with E-state index in [1.165, 1.54) is 16.8 Å². The minimum atomic E-state index is 1.06. The van der Waals surface area contributed by atoms with Gasteiger partial charge in [0.1, 0.15) is 0 Å². The molecule has 0 fully saturated rings. The third kappa shape index (κ3) is 1.36. The van der Waals surface area contributed by atoms with Gasteiger partial charge in [-0.15, -0.1) is 11.3 Å². The zero-order valence-electron chi connectivity index (χ0n) is 9.27. The molecule has 2 aromatic heterocycles. The largest absolute Gasteiger partial charge is 0.294 e. The van der Waals surface area contributed by atoms with Crippen LogP contribution >= 0.6 is 11.3 Å². The van der Waals surface area contributed by atoms with Crippen LogP contribution in [0.1, 0.15) is 11.3 Å². The van der Waals surface area contributed by atoms with E-state index in [2.05, 4.69) is 59.1 Å². The third-order valence-corrected chi connectivity index (χ3v) is 3.58. The molecule has 0 bridgehead atoms. The Kier molecular flexibility index (Phi) is 2.07. The molecule has 3 heteroatoms. The molecule has 3 rings (SSSR count). The number of aryl methyl sites for hydroxylation is 2. The lowest BCUT2D eigenvalue weighted by molar-refractivity contribution is 1.14. The first-order valence-electron chi connectivity index (χ1n) is 5.25. The first kappa shape index (κ1) is 9.60. The molecule has 0 radical (unpaired) electrons. The lowest BCUT2D eigenvalue weighted by atomic mass is 10.1. The van der Waals surface area contributed by atoms with Crippen LogP contribution < -0.4 is 0 Å². The van der Waals surface area contributed by atoms with Crippen molar-refractivity contribution < 1.29 is 0 Å². The Labute approximate surface area is 98.2 Å². The van der Waals surface area contributed by atoms with E-state index in [1.54, 1.807) is 11.3 Å². The van der Waals surface area contributed by atoms with Crippen LogP contribution in [0.5, 0.6) is 0 Å². The van der Waals surface area contributed by atoms with Crippen LogP contribution in [0, 0.1) is 13.8 Å². The SMILES string of the molecule is Cc1ccc(-c2nc3sccn3c2C)cc1. The highest BCUT2D eigenvalue weighted by molar-refractivity contribution is 7.15. The fourth-order valence-corrected chi connectivity index (χ4v) is 2.64. The zero-order valence-corrected chi connectivity index (χ0v) is 10.1. The highest BCUT2D eigenvalue weighted by Gasteiger charge is 2.10. The Morgan fingerprint density at radius 3 is 2.56 bits per heavy atom. The van der Waals surface area contributed by atoms with Crippen LogP contribution in [-0.4, -0.2) is 9.38 Å². The minimum Gasteiger partial charge on any atom is -0.294 e. The van der Waals surface area contributed by atoms with E-state index < -0.39 is 0 Å². The van der Waals surface area contributed by atoms with Gasteiger partial charge in [-0.3, -0.25) is 4.40 Å². The highest BCUT2D eigenvalue weighted by atomic mass is 32.1. The summed E-state index contributed by atoms with van der Waals surface area (Å²) >= 11 is 1.67. The number of rotatable bonds is 1. The number of nitrogens with zero attached hydrogens (tertiary/aromatic N) is 2. The molecule has 0 N–H and O–H groups in total. The molecule has 80 valence electrons. The van der Waals surface area contributed by atoms with Crippen molar-refractivity contribution in [2.45, 2.75) is 13.8 Å². The van der Waals surface area contributed by atoms with Crippen molar-refractivity contribution in [3.63, 3.8) is 0 Å². The van der Waals surface area contributed by atoms with Gasteiger partial charge < -0.3 is 0 Å². The molecule has 0 amide bonds. The van der Waals surface area contributed by atoms with Crippen molar-refractivity contribution >= 4 is 16.3 Å². The van der Waals surface area contributed by atoms with Gasteiger partial charge in [0.15, 0.2) is 4.96 Å².